The van der Waals surface area contributed by atoms with Gasteiger partial charge in [-0.2, -0.15) is 0 Å². The summed E-state index contributed by atoms with van der Waals surface area (Å²) in [5.41, 5.74) is 0. The van der Waals surface area contributed by atoms with Gasteiger partial charge in [-0.05, 0) is 25.7 Å². The SMILES string of the molecule is C[C@H](N[S@](C)=O)C1CCC1. The second-order valence-electron chi connectivity index (χ2n) is 3.05. The molecule has 2 nitrogen and oxygen atoms in total. The average Bonchev–Trinajstić information content (AvgIpc) is 1.55. The van der Waals surface area contributed by atoms with Gasteiger partial charge in [-0.15, -0.1) is 0 Å². The van der Waals surface area contributed by atoms with Gasteiger partial charge in [-0.1, -0.05) is 6.42 Å². The molecule has 1 N–H and O–H groups in total. The van der Waals surface area contributed by atoms with Gasteiger partial charge in [-0.25, -0.2) is 8.93 Å². The van der Waals surface area contributed by atoms with Crippen LogP contribution in [-0.4, -0.2) is 16.5 Å². The fraction of sp³-hybridized carbons (Fsp3) is 1.00. The number of nitrogens with one attached hydrogen (secondary N) is 1. The maximum Gasteiger partial charge on any atom is 0.0886 e. The minimum Gasteiger partial charge on any atom is -0.243 e. The maximum absolute atomic E-state index is 10.7. The van der Waals surface area contributed by atoms with Crippen molar-refractivity contribution in [3.8, 4) is 0 Å². The highest BCUT2D eigenvalue weighted by Gasteiger charge is 2.23. The molecule has 10 heavy (non-hydrogen) atoms. The van der Waals surface area contributed by atoms with Crippen LogP contribution >= 0.6 is 0 Å². The molecule has 1 saturated carbocycles. The zero-order chi connectivity index (χ0) is 7.56. The molecule has 1 aliphatic rings. The summed E-state index contributed by atoms with van der Waals surface area (Å²) < 4.78 is 13.7. The number of rotatable bonds is 3. The fourth-order valence-electron chi connectivity index (χ4n) is 1.30. The summed E-state index contributed by atoms with van der Waals surface area (Å²) in [6.07, 6.45) is 5.67. The van der Waals surface area contributed by atoms with Crippen molar-refractivity contribution in [2.75, 3.05) is 6.26 Å². The van der Waals surface area contributed by atoms with Gasteiger partial charge in [0, 0.05) is 12.3 Å². The second kappa shape index (κ2) is 3.49. The molecule has 0 aliphatic heterocycles. The van der Waals surface area contributed by atoms with Gasteiger partial charge in [0.2, 0.25) is 0 Å². The molecule has 1 rings (SSSR count). The van der Waals surface area contributed by atoms with Gasteiger partial charge in [0.05, 0.1) is 11.0 Å². The molecule has 0 amide bonds. The summed E-state index contributed by atoms with van der Waals surface area (Å²) in [7, 11) is -0.834. The molecule has 0 radical (unpaired) electrons. The number of hydrogen-bond acceptors (Lipinski definition) is 1. The van der Waals surface area contributed by atoms with Crippen LogP contribution in [0, 0.1) is 5.92 Å². The summed E-state index contributed by atoms with van der Waals surface area (Å²) in [5, 5.41) is 0. The second-order valence-corrected chi connectivity index (χ2v) is 4.20. The standard InChI is InChI=1S/C7H15NOS/c1-6(8-10(2)9)7-4-3-5-7/h6-8H,3-5H2,1-2H3/t6-,10-/m0/s1. The van der Waals surface area contributed by atoms with E-state index < -0.39 is 11.0 Å². The van der Waals surface area contributed by atoms with Crippen molar-refractivity contribution >= 4 is 11.0 Å². The summed E-state index contributed by atoms with van der Waals surface area (Å²) in [6.45, 7) is 2.12. The van der Waals surface area contributed by atoms with E-state index in [1.165, 1.54) is 19.3 Å². The first kappa shape index (κ1) is 8.21. The van der Waals surface area contributed by atoms with Crippen LogP contribution in [0.5, 0.6) is 0 Å². The lowest BCUT2D eigenvalue weighted by atomic mass is 9.81. The smallest absolute Gasteiger partial charge is 0.0886 e. The predicted octanol–water partition coefficient (Wildman–Crippen LogP) is 1.06. The minimum absolute atomic E-state index is 0.444. The van der Waals surface area contributed by atoms with Gasteiger partial charge in [0.15, 0.2) is 0 Å². The van der Waals surface area contributed by atoms with E-state index in [9.17, 15) is 4.21 Å². The lowest BCUT2D eigenvalue weighted by molar-refractivity contribution is 0.262. The fourth-order valence-corrected chi connectivity index (χ4v) is 2.01. The average molecular weight is 161 g/mol. The molecule has 1 aliphatic carbocycles. The molecule has 0 unspecified atom stereocenters. The molecule has 0 bridgehead atoms. The minimum atomic E-state index is -0.834. The van der Waals surface area contributed by atoms with E-state index in [1.54, 1.807) is 6.26 Å². The quantitative estimate of drug-likeness (QED) is 0.659. The monoisotopic (exact) mass is 161 g/mol. The highest BCUT2D eigenvalue weighted by molar-refractivity contribution is 7.82. The van der Waals surface area contributed by atoms with Crippen LogP contribution in [-0.2, 0) is 11.0 Å². The summed E-state index contributed by atoms with van der Waals surface area (Å²) >= 11 is 0. The van der Waals surface area contributed by atoms with Crippen LogP contribution in [0.15, 0.2) is 0 Å². The first-order chi connectivity index (χ1) is 4.70. The Hall–Kier alpha value is 0.110. The summed E-state index contributed by atoms with van der Waals surface area (Å²) in [5.74, 6) is 0.781. The van der Waals surface area contributed by atoms with Crippen LogP contribution in [0.3, 0.4) is 0 Å². The molecule has 0 aromatic heterocycles. The van der Waals surface area contributed by atoms with E-state index in [0.717, 1.165) is 5.92 Å². The molecular formula is C7H15NOS. The van der Waals surface area contributed by atoms with Crippen molar-refractivity contribution in [2.45, 2.75) is 32.2 Å². The predicted molar refractivity (Wildman–Crippen MR) is 44.0 cm³/mol. The Labute approximate surface area is 65.0 Å². The third-order valence-corrected chi connectivity index (χ3v) is 2.91. The Morgan fingerprint density at radius 3 is 2.50 bits per heavy atom. The summed E-state index contributed by atoms with van der Waals surface area (Å²) in [4.78, 5) is 0. The number of hydrogen-bond donors (Lipinski definition) is 1. The Balaban J connectivity index is 2.19. The van der Waals surface area contributed by atoms with E-state index >= 15 is 0 Å². The lowest BCUT2D eigenvalue weighted by Gasteiger charge is -2.31. The van der Waals surface area contributed by atoms with Gasteiger partial charge < -0.3 is 0 Å². The van der Waals surface area contributed by atoms with Crippen molar-refractivity contribution in [3.05, 3.63) is 0 Å². The molecule has 0 aromatic carbocycles. The zero-order valence-corrected chi connectivity index (χ0v) is 7.41. The van der Waals surface area contributed by atoms with Crippen molar-refractivity contribution in [1.82, 2.24) is 4.72 Å². The molecule has 60 valence electrons. The topological polar surface area (TPSA) is 29.1 Å². The van der Waals surface area contributed by atoms with E-state index in [0.29, 0.717) is 6.04 Å². The van der Waals surface area contributed by atoms with Gasteiger partial charge in [-0.3, -0.25) is 0 Å². The highest BCUT2D eigenvalue weighted by atomic mass is 32.2. The van der Waals surface area contributed by atoms with Crippen LogP contribution in [0.1, 0.15) is 26.2 Å². The molecular weight excluding hydrogens is 146 g/mol. The van der Waals surface area contributed by atoms with Crippen LogP contribution < -0.4 is 4.72 Å². The Kier molecular flexibility index (Phi) is 2.86. The highest BCUT2D eigenvalue weighted by Crippen LogP contribution is 2.29. The Morgan fingerprint density at radius 2 is 2.20 bits per heavy atom. The maximum atomic E-state index is 10.7. The first-order valence-corrected chi connectivity index (χ1v) is 5.35. The molecule has 1 fully saturated rings. The Morgan fingerprint density at radius 1 is 1.60 bits per heavy atom. The lowest BCUT2D eigenvalue weighted by Crippen LogP contribution is -2.37. The molecule has 0 heterocycles. The van der Waals surface area contributed by atoms with Crippen molar-refractivity contribution < 1.29 is 4.21 Å². The molecule has 0 saturated heterocycles. The van der Waals surface area contributed by atoms with Crippen LogP contribution in [0.2, 0.25) is 0 Å². The van der Waals surface area contributed by atoms with E-state index in [1.807, 2.05) is 0 Å². The molecule has 3 heteroatoms. The van der Waals surface area contributed by atoms with Gasteiger partial charge in [0.1, 0.15) is 0 Å². The largest absolute Gasteiger partial charge is 0.243 e. The van der Waals surface area contributed by atoms with Gasteiger partial charge >= 0.3 is 0 Å². The normalized spacial score (nSPS) is 25.4. The van der Waals surface area contributed by atoms with E-state index in [2.05, 4.69) is 11.6 Å². The third-order valence-electron chi connectivity index (χ3n) is 2.21. The molecule has 0 spiro atoms. The molecule has 0 aromatic rings. The zero-order valence-electron chi connectivity index (χ0n) is 6.59. The van der Waals surface area contributed by atoms with Crippen LogP contribution in [0.25, 0.3) is 0 Å². The van der Waals surface area contributed by atoms with E-state index in [-0.39, 0.29) is 0 Å². The van der Waals surface area contributed by atoms with E-state index in [4.69, 9.17) is 0 Å². The van der Waals surface area contributed by atoms with Crippen molar-refractivity contribution in [1.29, 1.82) is 0 Å². The van der Waals surface area contributed by atoms with Gasteiger partial charge in [0.25, 0.3) is 0 Å². The molecule has 2 atom stereocenters. The van der Waals surface area contributed by atoms with Crippen LogP contribution in [0.4, 0.5) is 0 Å². The Bertz CT molecular complexity index is 134. The van der Waals surface area contributed by atoms with Crippen molar-refractivity contribution in [2.24, 2.45) is 5.92 Å². The van der Waals surface area contributed by atoms with Crippen molar-refractivity contribution in [3.63, 3.8) is 0 Å². The first-order valence-electron chi connectivity index (χ1n) is 3.79. The third kappa shape index (κ3) is 2.06. The summed E-state index contributed by atoms with van der Waals surface area (Å²) in [6, 6.07) is 0.444.